The third-order valence-electron chi connectivity index (χ3n) is 2.57. The Morgan fingerprint density at radius 3 is 2.95 bits per heavy atom. The first kappa shape index (κ1) is 15.5. The van der Waals surface area contributed by atoms with Gasteiger partial charge in [0.2, 0.25) is 0 Å². The van der Waals surface area contributed by atoms with E-state index in [2.05, 4.69) is 15.2 Å². The van der Waals surface area contributed by atoms with Gasteiger partial charge in [-0.1, -0.05) is 18.5 Å². The summed E-state index contributed by atoms with van der Waals surface area (Å²) >= 11 is 5.92. The first-order chi connectivity index (χ1) is 8.99. The largest absolute Gasteiger partial charge is 0.468 e. The van der Waals surface area contributed by atoms with Crippen molar-refractivity contribution in [2.75, 3.05) is 19.0 Å². The van der Waals surface area contributed by atoms with Gasteiger partial charge in [0.25, 0.3) is 5.56 Å². The molecule has 19 heavy (non-hydrogen) atoms. The first-order valence-electron chi connectivity index (χ1n) is 5.81. The molecule has 0 fully saturated rings. The van der Waals surface area contributed by atoms with Crippen molar-refractivity contribution in [3.8, 4) is 0 Å². The lowest BCUT2D eigenvalue weighted by atomic mass is 10.2. The number of halogens is 1. The highest BCUT2D eigenvalue weighted by molar-refractivity contribution is 6.32. The van der Waals surface area contributed by atoms with E-state index >= 15 is 0 Å². The number of nitrogens with two attached hydrogens (primary N) is 1. The number of nitrogens with one attached hydrogen (secondary N) is 1. The van der Waals surface area contributed by atoms with E-state index < -0.39 is 11.5 Å². The number of ether oxygens (including phenoxy) is 1. The van der Waals surface area contributed by atoms with Gasteiger partial charge in [-0.3, -0.25) is 9.59 Å². The summed E-state index contributed by atoms with van der Waals surface area (Å²) in [6.45, 7) is 2.17. The lowest BCUT2D eigenvalue weighted by Crippen LogP contribution is -2.31. The summed E-state index contributed by atoms with van der Waals surface area (Å²) in [6, 6.07) is -0.0337. The molecule has 1 aromatic heterocycles. The molecule has 1 unspecified atom stereocenters. The van der Waals surface area contributed by atoms with Gasteiger partial charge in [0.05, 0.1) is 19.0 Å². The average Bonchev–Trinajstić information content (AvgIpc) is 2.42. The van der Waals surface area contributed by atoms with Gasteiger partial charge < -0.3 is 15.8 Å². The Balaban J connectivity index is 2.85. The molecule has 0 aromatic carbocycles. The molecule has 3 N–H and O–H groups in total. The maximum absolute atomic E-state index is 11.8. The zero-order valence-corrected chi connectivity index (χ0v) is 11.6. The van der Waals surface area contributed by atoms with Crippen LogP contribution in [0.4, 0.5) is 5.69 Å². The van der Waals surface area contributed by atoms with E-state index in [1.54, 1.807) is 0 Å². The van der Waals surface area contributed by atoms with E-state index in [1.807, 2.05) is 6.92 Å². The fourth-order valence-electron chi connectivity index (χ4n) is 1.27. The second-order valence-corrected chi connectivity index (χ2v) is 4.34. The van der Waals surface area contributed by atoms with Crippen LogP contribution >= 0.6 is 11.6 Å². The number of methoxy groups -OCH3 is 1. The number of carbonyl (C=O) groups excluding carboxylic acids is 1. The highest BCUT2D eigenvalue weighted by Gasteiger charge is 2.12. The molecular formula is C11H17ClN4O3. The third kappa shape index (κ3) is 4.22. The smallest absolute Gasteiger partial charge is 0.327 e. The third-order valence-corrected chi connectivity index (χ3v) is 2.94. The zero-order chi connectivity index (χ0) is 14.4. The van der Waals surface area contributed by atoms with Crippen molar-refractivity contribution >= 4 is 23.3 Å². The quantitative estimate of drug-likeness (QED) is 0.727. The monoisotopic (exact) mass is 288 g/mol. The standard InChI is InChI=1S/C11H17ClN4O3/c1-3-7(13)4-14-8-5-15-16(6-9(17)19-2)11(18)10(8)12/h5,7,14H,3-4,6,13H2,1-2H3. The Bertz CT molecular complexity index is 503. The van der Waals surface area contributed by atoms with E-state index in [9.17, 15) is 9.59 Å². The Morgan fingerprint density at radius 2 is 2.37 bits per heavy atom. The van der Waals surface area contributed by atoms with Gasteiger partial charge in [-0.15, -0.1) is 0 Å². The van der Waals surface area contributed by atoms with Gasteiger partial charge in [-0.2, -0.15) is 5.10 Å². The first-order valence-corrected chi connectivity index (χ1v) is 6.19. The number of esters is 1. The minimum Gasteiger partial charge on any atom is -0.468 e. The van der Waals surface area contributed by atoms with Crippen molar-refractivity contribution in [1.29, 1.82) is 0 Å². The topological polar surface area (TPSA) is 99.2 Å². The van der Waals surface area contributed by atoms with Crippen LogP contribution in [0.5, 0.6) is 0 Å². The molecule has 1 heterocycles. The van der Waals surface area contributed by atoms with E-state index in [0.717, 1.165) is 11.1 Å². The number of hydrogen-bond donors (Lipinski definition) is 2. The van der Waals surface area contributed by atoms with Crippen LogP contribution in [0.2, 0.25) is 5.02 Å². The molecule has 1 aromatic rings. The van der Waals surface area contributed by atoms with Crippen molar-refractivity contribution in [2.24, 2.45) is 5.73 Å². The minimum absolute atomic E-state index is 0.0257. The number of nitrogens with zero attached hydrogens (tertiary/aromatic N) is 2. The van der Waals surface area contributed by atoms with Gasteiger partial charge in [-0.05, 0) is 6.42 Å². The van der Waals surface area contributed by atoms with Crippen LogP contribution in [-0.2, 0) is 16.1 Å². The molecule has 7 nitrogen and oxygen atoms in total. The number of anilines is 1. The summed E-state index contributed by atoms with van der Waals surface area (Å²) in [6.07, 6.45) is 2.19. The maximum atomic E-state index is 11.8. The summed E-state index contributed by atoms with van der Waals surface area (Å²) in [5.74, 6) is -0.570. The normalized spacial score (nSPS) is 12.0. The van der Waals surface area contributed by atoms with E-state index in [4.69, 9.17) is 17.3 Å². The van der Waals surface area contributed by atoms with Crippen molar-refractivity contribution in [3.05, 3.63) is 21.6 Å². The van der Waals surface area contributed by atoms with Gasteiger partial charge in [0, 0.05) is 12.6 Å². The Morgan fingerprint density at radius 1 is 1.68 bits per heavy atom. The van der Waals surface area contributed by atoms with E-state index in [1.165, 1.54) is 13.3 Å². The molecule has 106 valence electrons. The van der Waals surface area contributed by atoms with Crippen LogP contribution < -0.4 is 16.6 Å². The molecule has 0 aliphatic rings. The molecule has 0 saturated carbocycles. The van der Waals surface area contributed by atoms with E-state index in [0.29, 0.717) is 12.2 Å². The molecule has 1 atom stereocenters. The molecule has 0 aliphatic heterocycles. The summed E-state index contributed by atoms with van der Waals surface area (Å²) in [5.41, 5.74) is 5.60. The molecule has 0 saturated heterocycles. The lowest BCUT2D eigenvalue weighted by molar-refractivity contribution is -0.141. The van der Waals surface area contributed by atoms with Crippen LogP contribution in [-0.4, -0.2) is 35.4 Å². The van der Waals surface area contributed by atoms with Gasteiger partial charge >= 0.3 is 5.97 Å². The highest BCUT2D eigenvalue weighted by atomic mass is 35.5. The van der Waals surface area contributed by atoms with Crippen molar-refractivity contribution in [2.45, 2.75) is 25.9 Å². The summed E-state index contributed by atoms with van der Waals surface area (Å²) in [4.78, 5) is 22.9. The molecule has 0 bridgehead atoms. The molecule has 0 aliphatic carbocycles. The fourth-order valence-corrected chi connectivity index (χ4v) is 1.49. The van der Waals surface area contributed by atoms with Crippen molar-refractivity contribution in [3.63, 3.8) is 0 Å². The predicted molar refractivity (Wildman–Crippen MR) is 72.3 cm³/mol. The SMILES string of the molecule is CCC(N)CNc1cnn(CC(=O)OC)c(=O)c1Cl. The van der Waals surface area contributed by atoms with Crippen molar-refractivity contribution in [1.82, 2.24) is 9.78 Å². The molecule has 1 rings (SSSR count). The highest BCUT2D eigenvalue weighted by Crippen LogP contribution is 2.15. The van der Waals surface area contributed by atoms with Gasteiger partial charge in [0.15, 0.2) is 0 Å². The number of carbonyl (C=O) groups is 1. The summed E-state index contributed by atoms with van der Waals surface area (Å²) < 4.78 is 5.40. The van der Waals surface area contributed by atoms with Gasteiger partial charge in [0.1, 0.15) is 11.6 Å². The predicted octanol–water partition coefficient (Wildman–Crippen LogP) is 0.219. The zero-order valence-electron chi connectivity index (χ0n) is 10.9. The second kappa shape index (κ2) is 7.10. The second-order valence-electron chi connectivity index (χ2n) is 3.96. The van der Waals surface area contributed by atoms with Crippen LogP contribution in [0.25, 0.3) is 0 Å². The number of rotatable bonds is 6. The van der Waals surface area contributed by atoms with Crippen LogP contribution in [0.3, 0.4) is 0 Å². The van der Waals surface area contributed by atoms with Crippen LogP contribution in [0.15, 0.2) is 11.0 Å². The Hall–Kier alpha value is -1.60. The van der Waals surface area contributed by atoms with Crippen molar-refractivity contribution < 1.29 is 9.53 Å². The molecule has 0 amide bonds. The molecule has 8 heteroatoms. The van der Waals surface area contributed by atoms with Crippen LogP contribution in [0.1, 0.15) is 13.3 Å². The Labute approximate surface area is 115 Å². The summed E-state index contributed by atoms with van der Waals surface area (Å²) in [5, 5.41) is 6.77. The maximum Gasteiger partial charge on any atom is 0.327 e. The number of aromatic nitrogens is 2. The Kier molecular flexibility index (Phi) is 5.78. The molecule has 0 radical (unpaired) electrons. The fraction of sp³-hybridized carbons (Fsp3) is 0.545. The lowest BCUT2D eigenvalue weighted by Gasteiger charge is -2.13. The van der Waals surface area contributed by atoms with Gasteiger partial charge in [-0.25, -0.2) is 4.68 Å². The average molecular weight is 289 g/mol. The van der Waals surface area contributed by atoms with E-state index in [-0.39, 0.29) is 17.6 Å². The number of hydrogen-bond acceptors (Lipinski definition) is 6. The molecule has 0 spiro atoms. The minimum atomic E-state index is -0.570. The molecular weight excluding hydrogens is 272 g/mol. The summed E-state index contributed by atoms with van der Waals surface area (Å²) in [7, 11) is 1.23. The van der Waals surface area contributed by atoms with Crippen LogP contribution in [0, 0.1) is 0 Å².